The van der Waals surface area contributed by atoms with E-state index in [-0.39, 0.29) is 12.5 Å². The fraction of sp³-hybridized carbons (Fsp3) is 0.909. The molecule has 0 spiro atoms. The SMILES string of the molecule is CN1CCC(CN(C)C(=O)CCCO)C1. The van der Waals surface area contributed by atoms with Crippen LogP contribution in [0.2, 0.25) is 0 Å². The second-order valence-electron chi connectivity index (χ2n) is 4.52. The van der Waals surface area contributed by atoms with Crippen LogP contribution >= 0.6 is 0 Å². The molecule has 0 aliphatic carbocycles. The van der Waals surface area contributed by atoms with Gasteiger partial charge in [-0.15, -0.1) is 0 Å². The summed E-state index contributed by atoms with van der Waals surface area (Å²) in [4.78, 5) is 15.7. The molecule has 0 aromatic rings. The smallest absolute Gasteiger partial charge is 0.222 e. The number of likely N-dealkylation sites (tertiary alicyclic amines) is 1. The molecule has 1 amide bonds. The van der Waals surface area contributed by atoms with Gasteiger partial charge in [-0.3, -0.25) is 4.79 Å². The molecule has 0 radical (unpaired) electrons. The first kappa shape index (κ1) is 12.5. The maximum Gasteiger partial charge on any atom is 0.222 e. The van der Waals surface area contributed by atoms with E-state index in [1.54, 1.807) is 4.90 Å². The Morgan fingerprint density at radius 1 is 1.60 bits per heavy atom. The normalized spacial score (nSPS) is 21.9. The Hall–Kier alpha value is -0.610. The van der Waals surface area contributed by atoms with Crippen LogP contribution in [-0.4, -0.2) is 61.2 Å². The van der Waals surface area contributed by atoms with Crippen molar-refractivity contribution in [2.24, 2.45) is 5.92 Å². The predicted molar refractivity (Wildman–Crippen MR) is 59.6 cm³/mol. The van der Waals surface area contributed by atoms with Crippen LogP contribution in [0.15, 0.2) is 0 Å². The fourth-order valence-corrected chi connectivity index (χ4v) is 2.09. The van der Waals surface area contributed by atoms with E-state index < -0.39 is 0 Å². The van der Waals surface area contributed by atoms with Crippen molar-refractivity contribution in [3.63, 3.8) is 0 Å². The summed E-state index contributed by atoms with van der Waals surface area (Å²) in [7, 11) is 3.98. The molecule has 0 aromatic heterocycles. The lowest BCUT2D eigenvalue weighted by Crippen LogP contribution is -2.32. The Balaban J connectivity index is 2.22. The zero-order valence-corrected chi connectivity index (χ0v) is 9.78. The van der Waals surface area contributed by atoms with Gasteiger partial charge >= 0.3 is 0 Å². The highest BCUT2D eigenvalue weighted by Gasteiger charge is 2.22. The third kappa shape index (κ3) is 4.18. The first-order valence-corrected chi connectivity index (χ1v) is 5.67. The van der Waals surface area contributed by atoms with Crippen molar-refractivity contribution < 1.29 is 9.90 Å². The molecule has 4 nitrogen and oxygen atoms in total. The Morgan fingerprint density at radius 2 is 2.33 bits per heavy atom. The van der Waals surface area contributed by atoms with E-state index in [9.17, 15) is 4.79 Å². The van der Waals surface area contributed by atoms with E-state index in [2.05, 4.69) is 11.9 Å². The van der Waals surface area contributed by atoms with Crippen molar-refractivity contribution >= 4 is 5.91 Å². The monoisotopic (exact) mass is 214 g/mol. The number of aliphatic hydroxyl groups is 1. The molecule has 0 saturated carbocycles. The molecule has 88 valence electrons. The number of hydrogen-bond acceptors (Lipinski definition) is 3. The van der Waals surface area contributed by atoms with E-state index in [0.717, 1.165) is 19.6 Å². The lowest BCUT2D eigenvalue weighted by molar-refractivity contribution is -0.130. The van der Waals surface area contributed by atoms with Crippen LogP contribution in [0.3, 0.4) is 0 Å². The van der Waals surface area contributed by atoms with E-state index >= 15 is 0 Å². The number of nitrogens with zero attached hydrogens (tertiary/aromatic N) is 2. The third-order valence-corrected chi connectivity index (χ3v) is 3.00. The van der Waals surface area contributed by atoms with Crippen molar-refractivity contribution in [2.45, 2.75) is 19.3 Å². The Bertz CT molecular complexity index is 209. The van der Waals surface area contributed by atoms with Gasteiger partial charge in [0.2, 0.25) is 5.91 Å². The van der Waals surface area contributed by atoms with Crippen molar-refractivity contribution in [3.8, 4) is 0 Å². The molecule has 1 fully saturated rings. The van der Waals surface area contributed by atoms with E-state index in [4.69, 9.17) is 5.11 Å². The highest BCUT2D eigenvalue weighted by Crippen LogP contribution is 2.15. The molecular formula is C11H22N2O2. The molecule has 1 unspecified atom stereocenters. The van der Waals surface area contributed by atoms with Gasteiger partial charge in [0, 0.05) is 33.2 Å². The minimum Gasteiger partial charge on any atom is -0.396 e. The van der Waals surface area contributed by atoms with Gasteiger partial charge in [0.1, 0.15) is 0 Å². The number of hydrogen-bond donors (Lipinski definition) is 1. The Morgan fingerprint density at radius 3 is 2.87 bits per heavy atom. The third-order valence-electron chi connectivity index (χ3n) is 3.00. The molecule has 0 bridgehead atoms. The maximum absolute atomic E-state index is 11.6. The molecule has 4 heteroatoms. The van der Waals surface area contributed by atoms with Gasteiger partial charge in [0.05, 0.1) is 0 Å². The largest absolute Gasteiger partial charge is 0.396 e. The molecule has 1 saturated heterocycles. The minimum absolute atomic E-state index is 0.103. The first-order chi connectivity index (χ1) is 7.13. The van der Waals surface area contributed by atoms with E-state index in [1.165, 1.54) is 6.42 Å². The molecule has 1 N–H and O–H groups in total. The van der Waals surface area contributed by atoms with Gasteiger partial charge in [-0.05, 0) is 32.4 Å². The highest BCUT2D eigenvalue weighted by atomic mass is 16.3. The fourth-order valence-electron chi connectivity index (χ4n) is 2.09. The van der Waals surface area contributed by atoms with Crippen molar-refractivity contribution in [1.82, 2.24) is 9.80 Å². The van der Waals surface area contributed by atoms with Crippen LogP contribution in [0.5, 0.6) is 0 Å². The molecule has 1 heterocycles. The summed E-state index contributed by atoms with van der Waals surface area (Å²) in [6, 6.07) is 0. The Labute approximate surface area is 91.9 Å². The van der Waals surface area contributed by atoms with Gasteiger partial charge < -0.3 is 14.9 Å². The molecule has 1 rings (SSSR count). The molecule has 1 aliphatic heterocycles. The van der Waals surface area contributed by atoms with Crippen LogP contribution in [0.25, 0.3) is 0 Å². The summed E-state index contributed by atoms with van der Waals surface area (Å²) in [6.07, 6.45) is 2.23. The van der Waals surface area contributed by atoms with Crippen LogP contribution in [0.1, 0.15) is 19.3 Å². The summed E-state index contributed by atoms with van der Waals surface area (Å²) in [5, 5.41) is 8.64. The standard InChI is InChI=1S/C11H22N2O2/c1-12-6-5-10(8-12)9-13(2)11(15)4-3-7-14/h10,14H,3-9H2,1-2H3. The average molecular weight is 214 g/mol. The van der Waals surface area contributed by atoms with Gasteiger partial charge in [0.15, 0.2) is 0 Å². The number of carbonyl (C=O) groups excluding carboxylic acids is 1. The van der Waals surface area contributed by atoms with E-state index in [0.29, 0.717) is 18.8 Å². The van der Waals surface area contributed by atoms with Crippen molar-refractivity contribution in [2.75, 3.05) is 40.3 Å². The van der Waals surface area contributed by atoms with Crippen LogP contribution in [-0.2, 0) is 4.79 Å². The topological polar surface area (TPSA) is 43.8 Å². The summed E-state index contributed by atoms with van der Waals surface area (Å²) in [5.74, 6) is 0.775. The minimum atomic E-state index is 0.103. The lowest BCUT2D eigenvalue weighted by Gasteiger charge is -2.21. The van der Waals surface area contributed by atoms with E-state index in [1.807, 2.05) is 7.05 Å². The first-order valence-electron chi connectivity index (χ1n) is 5.67. The second-order valence-corrected chi connectivity index (χ2v) is 4.52. The van der Waals surface area contributed by atoms with Crippen LogP contribution in [0, 0.1) is 5.92 Å². The summed E-state index contributed by atoms with van der Waals surface area (Å²) < 4.78 is 0. The lowest BCUT2D eigenvalue weighted by atomic mass is 10.1. The van der Waals surface area contributed by atoms with Gasteiger partial charge in [-0.2, -0.15) is 0 Å². The molecule has 1 aliphatic rings. The molecule has 15 heavy (non-hydrogen) atoms. The highest BCUT2D eigenvalue weighted by molar-refractivity contribution is 5.75. The summed E-state index contributed by atoms with van der Waals surface area (Å²) in [5.41, 5.74) is 0. The zero-order valence-electron chi connectivity index (χ0n) is 9.78. The number of amides is 1. The number of rotatable bonds is 5. The van der Waals surface area contributed by atoms with Crippen molar-refractivity contribution in [3.05, 3.63) is 0 Å². The summed E-state index contributed by atoms with van der Waals surface area (Å²) in [6.45, 7) is 3.20. The quantitative estimate of drug-likeness (QED) is 0.709. The Kier molecular flexibility index (Phi) is 5.05. The molecular weight excluding hydrogens is 192 g/mol. The van der Waals surface area contributed by atoms with Crippen molar-refractivity contribution in [1.29, 1.82) is 0 Å². The second kappa shape index (κ2) is 6.08. The number of aliphatic hydroxyl groups excluding tert-OH is 1. The number of carbonyl (C=O) groups is 1. The van der Waals surface area contributed by atoms with Crippen LogP contribution in [0.4, 0.5) is 0 Å². The van der Waals surface area contributed by atoms with Crippen LogP contribution < -0.4 is 0 Å². The maximum atomic E-state index is 11.6. The van der Waals surface area contributed by atoms with Gasteiger partial charge in [-0.25, -0.2) is 0 Å². The van der Waals surface area contributed by atoms with Gasteiger partial charge in [0.25, 0.3) is 0 Å². The zero-order chi connectivity index (χ0) is 11.3. The molecule has 0 aromatic carbocycles. The molecule has 1 atom stereocenters. The predicted octanol–water partition coefficient (Wildman–Crippen LogP) is 0.169. The average Bonchev–Trinajstić information content (AvgIpc) is 2.60. The van der Waals surface area contributed by atoms with Gasteiger partial charge in [-0.1, -0.05) is 0 Å². The summed E-state index contributed by atoms with van der Waals surface area (Å²) >= 11 is 0.